The fraction of sp³-hybridized carbons (Fsp3) is 0.111. The molecule has 3 rings (SSSR count). The van der Waals surface area contributed by atoms with Crippen LogP contribution in [-0.2, 0) is 0 Å². The summed E-state index contributed by atoms with van der Waals surface area (Å²) in [6.45, 7) is 2.53. The highest BCUT2D eigenvalue weighted by Gasteiger charge is 2.14. The Labute approximate surface area is 144 Å². The number of anilines is 1. The van der Waals surface area contributed by atoms with Gasteiger partial charge in [0.25, 0.3) is 5.91 Å². The van der Waals surface area contributed by atoms with Gasteiger partial charge in [0.2, 0.25) is 0 Å². The van der Waals surface area contributed by atoms with Crippen molar-refractivity contribution in [3.63, 3.8) is 0 Å². The monoisotopic (exact) mass is 342 g/mol. The molecule has 2 aromatic carbocycles. The number of ether oxygens (including phenoxy) is 1. The molecule has 0 radical (unpaired) electrons. The Balaban J connectivity index is 1.73. The van der Waals surface area contributed by atoms with Gasteiger partial charge in [0.15, 0.2) is 11.5 Å². The Bertz CT molecular complexity index is 843. The third kappa shape index (κ3) is 3.75. The highest BCUT2D eigenvalue weighted by atomic mass is 35.5. The lowest BCUT2D eigenvalue weighted by atomic mass is 10.1. The van der Waals surface area contributed by atoms with Gasteiger partial charge >= 0.3 is 0 Å². The number of amides is 1. The first-order valence-corrected chi connectivity index (χ1v) is 7.80. The van der Waals surface area contributed by atoms with Crippen molar-refractivity contribution in [3.8, 4) is 17.1 Å². The number of nitrogens with zero attached hydrogens (tertiary/aromatic N) is 1. The predicted octanol–water partition coefficient (Wildman–Crippen LogP) is 4.65. The molecule has 1 amide bonds. The molecule has 6 heteroatoms. The van der Waals surface area contributed by atoms with Crippen molar-refractivity contribution in [2.45, 2.75) is 6.92 Å². The summed E-state index contributed by atoms with van der Waals surface area (Å²) in [6.07, 6.45) is 0. The largest absolute Gasteiger partial charge is 0.494 e. The second-order valence-electron chi connectivity index (χ2n) is 5.00. The van der Waals surface area contributed by atoms with Gasteiger partial charge in [-0.3, -0.25) is 4.79 Å². The summed E-state index contributed by atoms with van der Waals surface area (Å²) in [5.41, 5.74) is 1.60. The van der Waals surface area contributed by atoms with Crippen molar-refractivity contribution >= 4 is 23.2 Å². The number of benzene rings is 2. The quantitative estimate of drug-likeness (QED) is 0.733. The van der Waals surface area contributed by atoms with E-state index in [1.165, 1.54) is 0 Å². The third-order valence-electron chi connectivity index (χ3n) is 3.28. The Morgan fingerprint density at radius 1 is 1.21 bits per heavy atom. The topological polar surface area (TPSA) is 64.4 Å². The molecule has 0 saturated carbocycles. The van der Waals surface area contributed by atoms with Crippen LogP contribution in [-0.4, -0.2) is 17.7 Å². The minimum Gasteiger partial charge on any atom is -0.494 e. The van der Waals surface area contributed by atoms with Crippen LogP contribution in [0.5, 0.6) is 5.75 Å². The zero-order chi connectivity index (χ0) is 16.9. The molecule has 0 aliphatic carbocycles. The number of nitrogens with one attached hydrogen (secondary N) is 1. The van der Waals surface area contributed by atoms with Crippen molar-refractivity contribution < 1.29 is 14.1 Å². The zero-order valence-corrected chi connectivity index (χ0v) is 13.7. The number of carbonyl (C=O) groups is 1. The van der Waals surface area contributed by atoms with E-state index in [4.69, 9.17) is 20.9 Å². The van der Waals surface area contributed by atoms with E-state index in [1.54, 1.807) is 30.3 Å². The molecule has 0 atom stereocenters. The van der Waals surface area contributed by atoms with Crippen molar-refractivity contribution in [1.29, 1.82) is 0 Å². The number of aromatic nitrogens is 1. The molecule has 122 valence electrons. The van der Waals surface area contributed by atoms with E-state index in [1.807, 2.05) is 31.2 Å². The maximum atomic E-state index is 12.2. The summed E-state index contributed by atoms with van der Waals surface area (Å²) in [6, 6.07) is 15.9. The standard InChI is InChI=1S/C18H15ClN2O3/c1-2-23-15-8-6-12(7-9-15)17-11-16(21-24-17)18(22)20-14-5-3-4-13(19)10-14/h3-11H,2H2,1H3,(H,20,22). The van der Waals surface area contributed by atoms with Gasteiger partial charge in [-0.15, -0.1) is 0 Å². The van der Waals surface area contributed by atoms with Crippen molar-refractivity contribution in [2.75, 3.05) is 11.9 Å². The van der Waals surface area contributed by atoms with Crippen LogP contribution in [0.2, 0.25) is 5.02 Å². The Morgan fingerprint density at radius 3 is 2.71 bits per heavy atom. The minimum atomic E-state index is -0.363. The summed E-state index contributed by atoms with van der Waals surface area (Å²) in [5.74, 6) is 0.923. The smallest absolute Gasteiger partial charge is 0.277 e. The number of halogens is 1. The summed E-state index contributed by atoms with van der Waals surface area (Å²) < 4.78 is 10.7. The van der Waals surface area contributed by atoms with E-state index in [9.17, 15) is 4.79 Å². The van der Waals surface area contributed by atoms with E-state index < -0.39 is 0 Å². The first-order valence-electron chi connectivity index (χ1n) is 7.42. The Kier molecular flexibility index (Phi) is 4.82. The van der Waals surface area contributed by atoms with E-state index in [0.717, 1.165) is 11.3 Å². The molecule has 5 nitrogen and oxygen atoms in total. The molecule has 0 aliphatic heterocycles. The normalized spacial score (nSPS) is 10.4. The van der Waals surface area contributed by atoms with Crippen LogP contribution in [0.3, 0.4) is 0 Å². The van der Waals surface area contributed by atoms with Gasteiger partial charge in [0, 0.05) is 22.3 Å². The molecule has 1 N–H and O–H groups in total. The van der Waals surface area contributed by atoms with E-state index in [0.29, 0.717) is 23.1 Å². The van der Waals surface area contributed by atoms with Crippen LogP contribution in [0.15, 0.2) is 59.1 Å². The summed E-state index contributed by atoms with van der Waals surface area (Å²) >= 11 is 5.90. The average Bonchev–Trinajstić information content (AvgIpc) is 3.06. The Hall–Kier alpha value is -2.79. The van der Waals surface area contributed by atoms with Gasteiger partial charge in [-0.1, -0.05) is 22.8 Å². The Morgan fingerprint density at radius 2 is 2.00 bits per heavy atom. The molecular formula is C18H15ClN2O3. The lowest BCUT2D eigenvalue weighted by molar-refractivity contribution is 0.101. The summed E-state index contributed by atoms with van der Waals surface area (Å²) in [4.78, 5) is 12.2. The van der Waals surface area contributed by atoms with Gasteiger partial charge in [-0.25, -0.2) is 0 Å². The molecule has 1 heterocycles. The molecule has 0 aliphatic rings. The molecule has 0 unspecified atom stereocenters. The van der Waals surface area contributed by atoms with Gasteiger partial charge in [-0.2, -0.15) is 0 Å². The molecule has 0 bridgehead atoms. The first-order chi connectivity index (χ1) is 11.7. The summed E-state index contributed by atoms with van der Waals surface area (Å²) in [7, 11) is 0. The van der Waals surface area contributed by atoms with Crippen molar-refractivity contribution in [3.05, 3.63) is 65.3 Å². The van der Waals surface area contributed by atoms with Gasteiger partial charge in [0.05, 0.1) is 6.61 Å². The SMILES string of the molecule is CCOc1ccc(-c2cc(C(=O)Nc3cccc(Cl)c3)no2)cc1. The number of rotatable bonds is 5. The second-order valence-corrected chi connectivity index (χ2v) is 5.43. The molecule has 24 heavy (non-hydrogen) atoms. The molecule has 0 spiro atoms. The fourth-order valence-electron chi connectivity index (χ4n) is 2.16. The molecule has 3 aromatic rings. The lowest BCUT2D eigenvalue weighted by Crippen LogP contribution is -2.11. The van der Waals surface area contributed by atoms with Gasteiger partial charge in [-0.05, 0) is 49.4 Å². The lowest BCUT2D eigenvalue weighted by Gasteiger charge is -2.02. The van der Waals surface area contributed by atoms with E-state index in [-0.39, 0.29) is 11.6 Å². The maximum Gasteiger partial charge on any atom is 0.277 e. The fourth-order valence-corrected chi connectivity index (χ4v) is 2.35. The van der Waals surface area contributed by atoms with Gasteiger partial charge < -0.3 is 14.6 Å². The average molecular weight is 343 g/mol. The second kappa shape index (κ2) is 7.19. The van der Waals surface area contributed by atoms with Gasteiger partial charge in [0.1, 0.15) is 5.75 Å². The van der Waals surface area contributed by atoms with Crippen LogP contribution in [0, 0.1) is 0 Å². The van der Waals surface area contributed by atoms with Crippen molar-refractivity contribution in [2.24, 2.45) is 0 Å². The number of hydrogen-bond acceptors (Lipinski definition) is 4. The molecule has 1 aromatic heterocycles. The van der Waals surface area contributed by atoms with Crippen LogP contribution in [0.1, 0.15) is 17.4 Å². The predicted molar refractivity (Wildman–Crippen MR) is 92.5 cm³/mol. The zero-order valence-electron chi connectivity index (χ0n) is 13.0. The highest BCUT2D eigenvalue weighted by molar-refractivity contribution is 6.30. The van der Waals surface area contributed by atoms with Crippen LogP contribution < -0.4 is 10.1 Å². The van der Waals surface area contributed by atoms with Crippen LogP contribution >= 0.6 is 11.6 Å². The number of hydrogen-bond donors (Lipinski definition) is 1. The van der Waals surface area contributed by atoms with E-state index in [2.05, 4.69) is 10.5 Å². The van der Waals surface area contributed by atoms with Crippen LogP contribution in [0.4, 0.5) is 5.69 Å². The third-order valence-corrected chi connectivity index (χ3v) is 3.51. The minimum absolute atomic E-state index is 0.193. The van der Waals surface area contributed by atoms with E-state index >= 15 is 0 Å². The number of carbonyl (C=O) groups excluding carboxylic acids is 1. The highest BCUT2D eigenvalue weighted by Crippen LogP contribution is 2.24. The van der Waals surface area contributed by atoms with Crippen molar-refractivity contribution in [1.82, 2.24) is 5.16 Å². The molecule has 0 fully saturated rings. The summed E-state index contributed by atoms with van der Waals surface area (Å²) in [5, 5.41) is 7.09. The van der Waals surface area contributed by atoms with Crippen LogP contribution in [0.25, 0.3) is 11.3 Å². The molecular weight excluding hydrogens is 328 g/mol. The first kappa shape index (κ1) is 16.1. The maximum absolute atomic E-state index is 12.2. The molecule has 0 saturated heterocycles.